The predicted octanol–water partition coefficient (Wildman–Crippen LogP) is -1.10. The Hall–Kier alpha value is -0.420. The highest BCUT2D eigenvalue weighted by Crippen LogP contribution is 1.82. The van der Waals surface area contributed by atoms with Gasteiger partial charge in [-0.15, -0.1) is 12.6 Å². The third kappa shape index (κ3) is 5.58. The molecule has 0 heterocycles. The molecular weight excluding hydrogens is 128 g/mol. The van der Waals surface area contributed by atoms with Crippen molar-refractivity contribution in [3.8, 4) is 0 Å². The second-order valence-electron chi connectivity index (χ2n) is 1.23. The number of primary amides is 1. The molecule has 0 rings (SSSR count). The fourth-order valence-electron chi connectivity index (χ4n) is 0.192. The number of aliphatic hydroxyl groups is 1. The number of hydrogen-bond donors (Lipinski definition) is 4. The van der Waals surface area contributed by atoms with Crippen molar-refractivity contribution in [1.82, 2.24) is 5.32 Å². The van der Waals surface area contributed by atoms with Gasteiger partial charge >= 0.3 is 6.03 Å². The molecule has 5 heteroatoms. The number of amides is 2. The molecule has 4 N–H and O–H groups in total. The van der Waals surface area contributed by atoms with Crippen LogP contribution in [0.4, 0.5) is 4.79 Å². The highest BCUT2D eigenvalue weighted by atomic mass is 32.1. The summed E-state index contributed by atoms with van der Waals surface area (Å²) in [4.78, 5) is 9.87. The maximum Gasteiger partial charge on any atom is 0.312 e. The topological polar surface area (TPSA) is 75.4 Å². The first-order valence-corrected chi connectivity index (χ1v) is 2.54. The smallest absolute Gasteiger partial charge is 0.312 e. The van der Waals surface area contributed by atoms with Crippen LogP contribution in [0.3, 0.4) is 0 Å². The Morgan fingerprint density at radius 1 is 2.00 bits per heavy atom. The van der Waals surface area contributed by atoms with Gasteiger partial charge in [-0.2, -0.15) is 0 Å². The van der Waals surface area contributed by atoms with Gasteiger partial charge in [0, 0.05) is 0 Å². The molecule has 0 aliphatic heterocycles. The van der Waals surface area contributed by atoms with E-state index in [0.717, 1.165) is 0 Å². The number of carbonyl (C=O) groups excluding carboxylic acids is 1. The predicted molar refractivity (Wildman–Crippen MR) is 32.6 cm³/mol. The van der Waals surface area contributed by atoms with E-state index in [4.69, 9.17) is 5.11 Å². The van der Waals surface area contributed by atoms with Gasteiger partial charge < -0.3 is 16.2 Å². The van der Waals surface area contributed by atoms with Gasteiger partial charge in [0.15, 0.2) is 0 Å². The number of carbonyl (C=O) groups is 1. The summed E-state index contributed by atoms with van der Waals surface area (Å²) in [5, 5.41) is 10.6. The lowest BCUT2D eigenvalue weighted by Gasteiger charge is -2.01. The summed E-state index contributed by atoms with van der Waals surface area (Å²) in [5.74, 6) is 0. The molecule has 0 aliphatic carbocycles. The molecule has 0 aromatic heterocycles. The van der Waals surface area contributed by atoms with Crippen molar-refractivity contribution in [2.24, 2.45) is 5.73 Å². The van der Waals surface area contributed by atoms with Crippen molar-refractivity contribution in [3.63, 3.8) is 0 Å². The summed E-state index contributed by atoms with van der Waals surface area (Å²) in [6.07, 6.45) is 0. The summed E-state index contributed by atoms with van der Waals surface area (Å²) >= 11 is 3.56. The zero-order valence-corrected chi connectivity index (χ0v) is 5.06. The Bertz CT molecular complexity index is 85.4. The van der Waals surface area contributed by atoms with Crippen LogP contribution in [0.5, 0.6) is 0 Å². The van der Waals surface area contributed by atoms with Gasteiger partial charge in [0.05, 0.1) is 6.54 Å². The molecule has 4 nitrogen and oxygen atoms in total. The zero-order chi connectivity index (χ0) is 6.57. The first-order valence-electron chi connectivity index (χ1n) is 2.02. The number of nitrogens with one attached hydrogen (secondary N) is 1. The first-order chi connectivity index (χ1) is 3.63. The third-order valence-electron chi connectivity index (χ3n) is 0.459. The molecule has 0 aromatic rings. The van der Waals surface area contributed by atoms with Crippen LogP contribution in [0.25, 0.3) is 0 Å². The molecule has 48 valence electrons. The minimum atomic E-state index is -0.831. The van der Waals surface area contributed by atoms with E-state index in [-0.39, 0.29) is 6.54 Å². The fourth-order valence-corrected chi connectivity index (χ4v) is 0.283. The second kappa shape index (κ2) is 3.57. The van der Waals surface area contributed by atoms with E-state index >= 15 is 0 Å². The van der Waals surface area contributed by atoms with Gasteiger partial charge in [0.1, 0.15) is 5.44 Å². The summed E-state index contributed by atoms with van der Waals surface area (Å²) in [5.41, 5.74) is 3.81. The van der Waals surface area contributed by atoms with Crippen LogP contribution in [0.2, 0.25) is 0 Å². The number of hydrogen-bond acceptors (Lipinski definition) is 3. The zero-order valence-electron chi connectivity index (χ0n) is 4.16. The van der Waals surface area contributed by atoms with Gasteiger partial charge in [0.25, 0.3) is 0 Å². The monoisotopic (exact) mass is 136 g/mol. The number of thiol groups is 1. The first kappa shape index (κ1) is 7.58. The fraction of sp³-hybridized carbons (Fsp3) is 0.667. The van der Waals surface area contributed by atoms with Crippen molar-refractivity contribution in [2.45, 2.75) is 5.44 Å². The summed E-state index contributed by atoms with van der Waals surface area (Å²) in [7, 11) is 0. The highest BCUT2D eigenvalue weighted by Gasteiger charge is 1.95. The van der Waals surface area contributed by atoms with Gasteiger partial charge in [0.2, 0.25) is 0 Å². The molecule has 0 aromatic carbocycles. The maximum absolute atomic E-state index is 9.87. The Kier molecular flexibility index (Phi) is 3.38. The van der Waals surface area contributed by atoms with Gasteiger partial charge in [-0.05, 0) is 0 Å². The van der Waals surface area contributed by atoms with E-state index in [1.807, 2.05) is 0 Å². The minimum absolute atomic E-state index is 0.0818. The van der Waals surface area contributed by atoms with Crippen LogP contribution in [0, 0.1) is 0 Å². The van der Waals surface area contributed by atoms with Crippen molar-refractivity contribution in [2.75, 3.05) is 6.54 Å². The Balaban J connectivity index is 3.05. The van der Waals surface area contributed by atoms with E-state index in [0.29, 0.717) is 0 Å². The molecule has 0 saturated heterocycles. The highest BCUT2D eigenvalue weighted by molar-refractivity contribution is 7.80. The molecule has 2 amide bonds. The second-order valence-corrected chi connectivity index (χ2v) is 1.82. The van der Waals surface area contributed by atoms with Crippen LogP contribution in [0.1, 0.15) is 0 Å². The van der Waals surface area contributed by atoms with Crippen LogP contribution in [-0.2, 0) is 0 Å². The lowest BCUT2D eigenvalue weighted by Crippen LogP contribution is -2.33. The van der Waals surface area contributed by atoms with E-state index in [9.17, 15) is 4.79 Å². The molecular formula is C3H8N2O2S. The summed E-state index contributed by atoms with van der Waals surface area (Å²) in [6, 6.07) is -0.655. The largest absolute Gasteiger partial charge is 0.381 e. The van der Waals surface area contributed by atoms with Crippen LogP contribution in [-0.4, -0.2) is 23.1 Å². The molecule has 0 radical (unpaired) electrons. The van der Waals surface area contributed by atoms with E-state index < -0.39 is 11.5 Å². The number of rotatable bonds is 2. The van der Waals surface area contributed by atoms with Crippen molar-refractivity contribution >= 4 is 18.7 Å². The molecule has 0 spiro atoms. The standard InChI is InChI=1S/C3H8N2O2S/c4-3(7)5-1-2(6)8/h2,6,8H,1H2,(H3,4,5,7). The summed E-state index contributed by atoms with van der Waals surface area (Å²) < 4.78 is 0. The lowest BCUT2D eigenvalue weighted by molar-refractivity contribution is 0.234. The molecule has 0 saturated carbocycles. The molecule has 1 unspecified atom stereocenters. The minimum Gasteiger partial charge on any atom is -0.381 e. The third-order valence-corrected chi connectivity index (χ3v) is 0.641. The number of aliphatic hydroxyl groups excluding tert-OH is 1. The van der Waals surface area contributed by atoms with Gasteiger partial charge in [-0.3, -0.25) is 0 Å². The van der Waals surface area contributed by atoms with Gasteiger partial charge in [-0.25, -0.2) is 4.79 Å². The Morgan fingerprint density at radius 2 is 2.50 bits per heavy atom. The van der Waals surface area contributed by atoms with E-state index in [1.54, 1.807) is 0 Å². The van der Waals surface area contributed by atoms with Gasteiger partial charge in [-0.1, -0.05) is 0 Å². The average Bonchev–Trinajstić information content (AvgIpc) is 1.61. The molecule has 1 atom stereocenters. The number of nitrogens with two attached hydrogens (primary N) is 1. The Morgan fingerprint density at radius 3 is 2.62 bits per heavy atom. The van der Waals surface area contributed by atoms with Crippen molar-refractivity contribution < 1.29 is 9.90 Å². The normalized spacial score (nSPS) is 12.8. The Labute approximate surface area is 52.5 Å². The van der Waals surface area contributed by atoms with Crippen molar-refractivity contribution in [1.29, 1.82) is 0 Å². The molecule has 8 heavy (non-hydrogen) atoms. The molecule has 0 fully saturated rings. The van der Waals surface area contributed by atoms with E-state index in [1.165, 1.54) is 0 Å². The molecule has 0 bridgehead atoms. The van der Waals surface area contributed by atoms with E-state index in [2.05, 4.69) is 23.7 Å². The SMILES string of the molecule is NC(=O)NCC(O)S. The lowest BCUT2D eigenvalue weighted by atomic mass is 10.7. The van der Waals surface area contributed by atoms with Crippen LogP contribution in [0.15, 0.2) is 0 Å². The average molecular weight is 136 g/mol. The van der Waals surface area contributed by atoms with Crippen LogP contribution >= 0.6 is 12.6 Å². The number of urea groups is 1. The summed E-state index contributed by atoms with van der Waals surface area (Å²) in [6.45, 7) is 0.0818. The quantitative estimate of drug-likeness (QED) is 0.287. The maximum atomic E-state index is 9.87. The van der Waals surface area contributed by atoms with Crippen LogP contribution < -0.4 is 11.1 Å². The molecule has 0 aliphatic rings. The van der Waals surface area contributed by atoms with Crippen molar-refractivity contribution in [3.05, 3.63) is 0 Å².